The standard InChI is InChI=1S/C28H28IP/c1-22-10-7-15-26(18-22)30(29,21-25-13-5-4-6-14-25,27-16-8-11-23(2)19-27)28-17-9-12-24(3)20-28/h4-20H,21H2,1-3H3. The fraction of sp³-hybridized carbons (Fsp3) is 0.143. The number of rotatable bonds is 5. The molecule has 0 saturated heterocycles. The van der Waals surface area contributed by atoms with Gasteiger partial charge in [-0.2, -0.15) is 0 Å². The van der Waals surface area contributed by atoms with E-state index >= 15 is 0 Å². The minimum absolute atomic E-state index is 1.00. The Balaban J connectivity index is 2.15. The van der Waals surface area contributed by atoms with Crippen molar-refractivity contribution in [2.24, 2.45) is 0 Å². The van der Waals surface area contributed by atoms with E-state index in [0.717, 1.165) is 6.16 Å². The van der Waals surface area contributed by atoms with E-state index in [1.807, 2.05) is 0 Å². The van der Waals surface area contributed by atoms with Gasteiger partial charge in [0.1, 0.15) is 0 Å². The number of benzene rings is 4. The van der Waals surface area contributed by atoms with Crippen LogP contribution < -0.4 is 15.9 Å². The van der Waals surface area contributed by atoms with Crippen LogP contribution in [-0.2, 0) is 6.16 Å². The van der Waals surface area contributed by atoms with Crippen LogP contribution in [0, 0.1) is 20.8 Å². The van der Waals surface area contributed by atoms with Gasteiger partial charge in [0.05, 0.1) is 0 Å². The van der Waals surface area contributed by atoms with E-state index in [1.165, 1.54) is 38.2 Å². The van der Waals surface area contributed by atoms with Crippen LogP contribution in [0.25, 0.3) is 0 Å². The van der Waals surface area contributed by atoms with Gasteiger partial charge in [-0.1, -0.05) is 0 Å². The van der Waals surface area contributed by atoms with Crippen LogP contribution in [0.4, 0.5) is 0 Å². The number of hydrogen-bond donors (Lipinski definition) is 0. The summed E-state index contributed by atoms with van der Waals surface area (Å²) in [5.41, 5.74) is 5.32. The van der Waals surface area contributed by atoms with E-state index in [-0.39, 0.29) is 0 Å². The number of aryl methyl sites for hydroxylation is 3. The molecule has 4 aromatic carbocycles. The van der Waals surface area contributed by atoms with E-state index in [4.69, 9.17) is 0 Å². The molecule has 0 fully saturated rings. The van der Waals surface area contributed by atoms with Crippen molar-refractivity contribution in [3.8, 4) is 0 Å². The molecular formula is C28H28IP. The van der Waals surface area contributed by atoms with E-state index < -0.39 is 4.25 Å². The van der Waals surface area contributed by atoms with Gasteiger partial charge in [-0.25, -0.2) is 0 Å². The quantitative estimate of drug-likeness (QED) is 0.196. The van der Waals surface area contributed by atoms with E-state index in [9.17, 15) is 0 Å². The van der Waals surface area contributed by atoms with Crippen LogP contribution in [0.5, 0.6) is 0 Å². The average molecular weight is 522 g/mol. The Hall–Kier alpha value is -1.96. The SMILES string of the molecule is Cc1cccc(P(I)(Cc2ccccc2)(c2cccc(C)c2)c2cccc(C)c2)c1. The summed E-state index contributed by atoms with van der Waals surface area (Å²) in [4.78, 5) is 0. The average Bonchev–Trinajstić information content (AvgIpc) is 2.74. The van der Waals surface area contributed by atoms with Gasteiger partial charge in [-0.3, -0.25) is 0 Å². The topological polar surface area (TPSA) is 0 Å². The third-order valence-electron chi connectivity index (χ3n) is 5.94. The molecule has 2 heteroatoms. The van der Waals surface area contributed by atoms with E-state index in [0.29, 0.717) is 0 Å². The Morgan fingerprint density at radius 1 is 0.533 bits per heavy atom. The summed E-state index contributed by atoms with van der Waals surface area (Å²) in [5.74, 6) is 0. The van der Waals surface area contributed by atoms with Crippen LogP contribution in [-0.4, -0.2) is 0 Å². The maximum absolute atomic E-state index is 2.89. The first-order valence-corrected chi connectivity index (χ1v) is 15.6. The first-order chi connectivity index (χ1) is 14.4. The Bertz CT molecular complexity index is 1070. The van der Waals surface area contributed by atoms with Crippen molar-refractivity contribution in [3.05, 3.63) is 125 Å². The van der Waals surface area contributed by atoms with Crippen molar-refractivity contribution in [1.82, 2.24) is 0 Å². The molecule has 4 rings (SSSR count). The summed E-state index contributed by atoms with van der Waals surface area (Å²) in [7, 11) is 0. The van der Waals surface area contributed by atoms with Crippen LogP contribution in [0.1, 0.15) is 22.3 Å². The van der Waals surface area contributed by atoms with Crippen LogP contribution in [0.2, 0.25) is 0 Å². The second-order valence-electron chi connectivity index (χ2n) is 8.34. The van der Waals surface area contributed by atoms with Crippen molar-refractivity contribution in [2.45, 2.75) is 26.9 Å². The zero-order chi connectivity index (χ0) is 21.2. The van der Waals surface area contributed by atoms with Crippen molar-refractivity contribution < 1.29 is 0 Å². The maximum atomic E-state index is 2.89. The fourth-order valence-electron chi connectivity index (χ4n) is 4.40. The van der Waals surface area contributed by atoms with Gasteiger partial charge >= 0.3 is 195 Å². The molecule has 0 aromatic heterocycles. The second kappa shape index (κ2) is 8.29. The normalized spacial score (nSPS) is 12.9. The van der Waals surface area contributed by atoms with Gasteiger partial charge in [0.25, 0.3) is 0 Å². The molecule has 0 N–H and O–H groups in total. The van der Waals surface area contributed by atoms with Gasteiger partial charge in [0.15, 0.2) is 0 Å². The molecule has 0 atom stereocenters. The monoisotopic (exact) mass is 522 g/mol. The van der Waals surface area contributed by atoms with E-state index in [2.05, 4.69) is 146 Å². The summed E-state index contributed by atoms with van der Waals surface area (Å²) in [5, 5.41) is 4.34. The van der Waals surface area contributed by atoms with Crippen LogP contribution >= 0.6 is 26.3 Å². The summed E-state index contributed by atoms with van der Waals surface area (Å²) >= 11 is 2.89. The predicted molar refractivity (Wildman–Crippen MR) is 144 cm³/mol. The van der Waals surface area contributed by atoms with Gasteiger partial charge in [-0.15, -0.1) is 0 Å². The van der Waals surface area contributed by atoms with Gasteiger partial charge in [-0.05, 0) is 0 Å². The first-order valence-electron chi connectivity index (χ1n) is 10.4. The molecule has 0 aliphatic rings. The molecule has 30 heavy (non-hydrogen) atoms. The van der Waals surface area contributed by atoms with Crippen LogP contribution in [0.15, 0.2) is 103 Å². The Morgan fingerprint density at radius 3 is 1.30 bits per heavy atom. The molecule has 4 aromatic rings. The Kier molecular flexibility index (Phi) is 5.88. The van der Waals surface area contributed by atoms with E-state index in [1.54, 1.807) is 0 Å². The predicted octanol–water partition coefficient (Wildman–Crippen LogP) is 6.99. The summed E-state index contributed by atoms with van der Waals surface area (Å²) in [6, 6.07) is 38.6. The number of hydrogen-bond acceptors (Lipinski definition) is 0. The molecule has 0 radical (unpaired) electrons. The van der Waals surface area contributed by atoms with Crippen molar-refractivity contribution in [2.75, 3.05) is 0 Å². The zero-order valence-electron chi connectivity index (χ0n) is 17.8. The van der Waals surface area contributed by atoms with Crippen molar-refractivity contribution in [1.29, 1.82) is 0 Å². The summed E-state index contributed by atoms with van der Waals surface area (Å²) < 4.78 is -2.81. The molecule has 0 bridgehead atoms. The molecule has 0 amide bonds. The fourth-order valence-corrected chi connectivity index (χ4v) is 13.2. The van der Waals surface area contributed by atoms with Crippen molar-refractivity contribution >= 4 is 42.2 Å². The Morgan fingerprint density at radius 2 is 0.933 bits per heavy atom. The summed E-state index contributed by atoms with van der Waals surface area (Å²) in [6.45, 7) is 6.61. The number of halogens is 1. The molecular weight excluding hydrogens is 494 g/mol. The Labute approximate surface area is 193 Å². The van der Waals surface area contributed by atoms with Gasteiger partial charge in [0, 0.05) is 0 Å². The third kappa shape index (κ3) is 3.74. The third-order valence-corrected chi connectivity index (χ3v) is 17.0. The van der Waals surface area contributed by atoms with Crippen LogP contribution in [0.3, 0.4) is 0 Å². The minimum atomic E-state index is -2.81. The summed E-state index contributed by atoms with van der Waals surface area (Å²) in [6.07, 6.45) is 1.00. The second-order valence-corrected chi connectivity index (χ2v) is 19.0. The molecule has 0 unspecified atom stereocenters. The molecule has 0 heterocycles. The molecule has 0 aliphatic heterocycles. The molecule has 0 nitrogen and oxygen atoms in total. The zero-order valence-corrected chi connectivity index (χ0v) is 20.9. The van der Waals surface area contributed by atoms with Gasteiger partial charge in [0.2, 0.25) is 0 Å². The molecule has 0 spiro atoms. The van der Waals surface area contributed by atoms with Crippen molar-refractivity contribution in [3.63, 3.8) is 0 Å². The molecule has 0 saturated carbocycles. The molecule has 152 valence electrons. The molecule has 0 aliphatic carbocycles. The first kappa shape index (κ1) is 21.3. The van der Waals surface area contributed by atoms with Gasteiger partial charge < -0.3 is 0 Å².